The summed E-state index contributed by atoms with van der Waals surface area (Å²) in [5.41, 5.74) is 9.42. The number of rotatable bonds is 5. The van der Waals surface area contributed by atoms with Gasteiger partial charge < -0.3 is 0 Å². The summed E-state index contributed by atoms with van der Waals surface area (Å²) in [5.74, 6) is 5.79. The van der Waals surface area contributed by atoms with Crippen molar-refractivity contribution in [2.24, 2.45) is 12.9 Å². The fourth-order valence-electron chi connectivity index (χ4n) is 2.99. The Balaban J connectivity index is 2.18. The molecule has 0 saturated heterocycles. The van der Waals surface area contributed by atoms with E-state index < -0.39 is 0 Å². The van der Waals surface area contributed by atoms with Gasteiger partial charge in [0.15, 0.2) is 0 Å². The third-order valence-electron chi connectivity index (χ3n) is 3.90. The Morgan fingerprint density at radius 2 is 1.90 bits per heavy atom. The third-order valence-corrected chi connectivity index (χ3v) is 3.90. The van der Waals surface area contributed by atoms with Gasteiger partial charge in [-0.3, -0.25) is 16.0 Å². The molecule has 2 rings (SSSR count). The van der Waals surface area contributed by atoms with Crippen molar-refractivity contribution in [2.45, 2.75) is 39.7 Å². The summed E-state index contributed by atoms with van der Waals surface area (Å²) < 4.78 is 1.92. The molecule has 3 N–H and O–H groups in total. The zero-order valence-corrected chi connectivity index (χ0v) is 12.8. The molecule has 0 radical (unpaired) electrons. The van der Waals surface area contributed by atoms with E-state index >= 15 is 0 Å². The summed E-state index contributed by atoms with van der Waals surface area (Å²) >= 11 is 0. The van der Waals surface area contributed by atoms with Crippen LogP contribution in [0.15, 0.2) is 24.4 Å². The first-order valence-electron chi connectivity index (χ1n) is 7.03. The van der Waals surface area contributed by atoms with Crippen molar-refractivity contribution in [3.05, 3.63) is 52.3 Å². The van der Waals surface area contributed by atoms with Crippen LogP contribution in [0.3, 0.4) is 0 Å². The lowest BCUT2D eigenvalue weighted by atomic mass is 9.91. The van der Waals surface area contributed by atoms with Crippen molar-refractivity contribution < 1.29 is 0 Å². The topological polar surface area (TPSA) is 55.9 Å². The molecule has 0 spiro atoms. The number of hydrazine groups is 1. The van der Waals surface area contributed by atoms with Gasteiger partial charge in [-0.25, -0.2) is 0 Å². The molecule has 0 saturated carbocycles. The maximum absolute atomic E-state index is 5.79. The highest BCUT2D eigenvalue weighted by Crippen LogP contribution is 2.26. The van der Waals surface area contributed by atoms with Gasteiger partial charge in [-0.15, -0.1) is 0 Å². The Morgan fingerprint density at radius 1 is 1.25 bits per heavy atom. The first-order valence-corrected chi connectivity index (χ1v) is 7.03. The Kier molecular flexibility index (Phi) is 4.57. The Hall–Kier alpha value is -1.65. The van der Waals surface area contributed by atoms with Crippen LogP contribution >= 0.6 is 0 Å². The average molecular weight is 272 g/mol. The number of hydrogen-bond donors (Lipinski definition) is 2. The summed E-state index contributed by atoms with van der Waals surface area (Å²) in [7, 11) is 1.97. The number of hydrogen-bond acceptors (Lipinski definition) is 3. The molecule has 4 nitrogen and oxygen atoms in total. The molecule has 0 aliphatic heterocycles. The van der Waals surface area contributed by atoms with Crippen LogP contribution in [0.5, 0.6) is 0 Å². The molecule has 0 aliphatic carbocycles. The van der Waals surface area contributed by atoms with E-state index in [2.05, 4.69) is 49.5 Å². The SMILES string of the molecule is Cc1cc(C)c(C(CCc2ccnn2C)NN)c(C)c1. The summed E-state index contributed by atoms with van der Waals surface area (Å²) in [4.78, 5) is 0. The van der Waals surface area contributed by atoms with Crippen LogP contribution in [0, 0.1) is 20.8 Å². The Bertz CT molecular complexity index is 563. The summed E-state index contributed by atoms with van der Waals surface area (Å²) in [6, 6.07) is 6.67. The summed E-state index contributed by atoms with van der Waals surface area (Å²) in [6.07, 6.45) is 3.75. The lowest BCUT2D eigenvalue weighted by molar-refractivity contribution is 0.502. The van der Waals surface area contributed by atoms with Gasteiger partial charge in [-0.05, 0) is 56.4 Å². The molecule has 0 bridgehead atoms. The number of nitrogens with one attached hydrogen (secondary N) is 1. The maximum Gasteiger partial charge on any atom is 0.0492 e. The highest BCUT2D eigenvalue weighted by atomic mass is 15.3. The van der Waals surface area contributed by atoms with Crippen LogP contribution in [-0.2, 0) is 13.5 Å². The molecule has 0 amide bonds. The van der Waals surface area contributed by atoms with E-state index in [0.717, 1.165) is 12.8 Å². The number of nitrogens with two attached hydrogens (primary N) is 1. The van der Waals surface area contributed by atoms with Crippen LogP contribution in [-0.4, -0.2) is 9.78 Å². The van der Waals surface area contributed by atoms with Crippen LogP contribution in [0.25, 0.3) is 0 Å². The van der Waals surface area contributed by atoms with Crippen molar-refractivity contribution in [2.75, 3.05) is 0 Å². The molecule has 1 aromatic carbocycles. The summed E-state index contributed by atoms with van der Waals surface area (Å²) in [6.45, 7) is 6.44. The molecule has 20 heavy (non-hydrogen) atoms. The van der Waals surface area contributed by atoms with E-state index in [1.165, 1.54) is 27.9 Å². The highest BCUT2D eigenvalue weighted by Gasteiger charge is 2.16. The quantitative estimate of drug-likeness (QED) is 0.649. The minimum Gasteiger partial charge on any atom is -0.273 e. The van der Waals surface area contributed by atoms with E-state index in [1.807, 2.05) is 17.9 Å². The van der Waals surface area contributed by atoms with Gasteiger partial charge in [0.25, 0.3) is 0 Å². The van der Waals surface area contributed by atoms with Crippen molar-refractivity contribution in [3.8, 4) is 0 Å². The van der Waals surface area contributed by atoms with E-state index in [9.17, 15) is 0 Å². The zero-order chi connectivity index (χ0) is 14.7. The maximum atomic E-state index is 5.79. The summed E-state index contributed by atoms with van der Waals surface area (Å²) in [5, 5.41) is 4.20. The average Bonchev–Trinajstić information content (AvgIpc) is 2.78. The van der Waals surface area contributed by atoms with E-state index in [0.29, 0.717) is 0 Å². The molecule has 0 aliphatic rings. The van der Waals surface area contributed by atoms with Gasteiger partial charge in [0.1, 0.15) is 0 Å². The van der Waals surface area contributed by atoms with E-state index in [-0.39, 0.29) is 6.04 Å². The standard InChI is InChI=1S/C16H24N4/c1-11-9-12(2)16(13(3)10-11)15(19-17)6-5-14-7-8-18-20(14)4/h7-10,15,19H,5-6,17H2,1-4H3. The Labute approximate surface area is 121 Å². The fraction of sp³-hybridized carbons (Fsp3) is 0.438. The van der Waals surface area contributed by atoms with Gasteiger partial charge in [0.2, 0.25) is 0 Å². The van der Waals surface area contributed by atoms with Crippen LogP contribution in [0.4, 0.5) is 0 Å². The van der Waals surface area contributed by atoms with E-state index in [1.54, 1.807) is 0 Å². The highest BCUT2D eigenvalue weighted by molar-refractivity contribution is 5.39. The predicted molar refractivity (Wildman–Crippen MR) is 82.2 cm³/mol. The van der Waals surface area contributed by atoms with Crippen LogP contribution in [0.1, 0.15) is 40.4 Å². The predicted octanol–water partition coefficient (Wildman–Crippen LogP) is 2.48. The minimum atomic E-state index is 0.172. The zero-order valence-electron chi connectivity index (χ0n) is 12.8. The first-order chi connectivity index (χ1) is 9.52. The monoisotopic (exact) mass is 272 g/mol. The van der Waals surface area contributed by atoms with Gasteiger partial charge >= 0.3 is 0 Å². The number of benzene rings is 1. The molecule has 1 heterocycles. The molecule has 4 heteroatoms. The van der Waals surface area contributed by atoms with Crippen LogP contribution < -0.4 is 11.3 Å². The molecular weight excluding hydrogens is 248 g/mol. The molecular formula is C16H24N4. The largest absolute Gasteiger partial charge is 0.273 e. The fourth-order valence-corrected chi connectivity index (χ4v) is 2.99. The Morgan fingerprint density at radius 3 is 2.40 bits per heavy atom. The molecule has 1 aromatic heterocycles. The lowest BCUT2D eigenvalue weighted by Gasteiger charge is -2.21. The van der Waals surface area contributed by atoms with Crippen LogP contribution in [0.2, 0.25) is 0 Å². The van der Waals surface area contributed by atoms with Gasteiger partial charge in [0, 0.05) is 25.0 Å². The third kappa shape index (κ3) is 3.08. The minimum absolute atomic E-state index is 0.172. The number of aryl methyl sites for hydroxylation is 5. The van der Waals surface area contributed by atoms with Crippen molar-refractivity contribution in [3.63, 3.8) is 0 Å². The van der Waals surface area contributed by atoms with Crippen molar-refractivity contribution in [1.29, 1.82) is 0 Å². The normalized spacial score (nSPS) is 12.7. The second-order valence-corrected chi connectivity index (χ2v) is 5.52. The number of aromatic nitrogens is 2. The molecule has 0 fully saturated rings. The van der Waals surface area contributed by atoms with Crippen molar-refractivity contribution >= 4 is 0 Å². The second kappa shape index (κ2) is 6.20. The first kappa shape index (κ1) is 14.8. The second-order valence-electron chi connectivity index (χ2n) is 5.52. The van der Waals surface area contributed by atoms with E-state index in [4.69, 9.17) is 5.84 Å². The lowest BCUT2D eigenvalue weighted by Crippen LogP contribution is -2.29. The van der Waals surface area contributed by atoms with Gasteiger partial charge in [-0.1, -0.05) is 17.7 Å². The molecule has 108 valence electrons. The molecule has 2 aromatic rings. The smallest absolute Gasteiger partial charge is 0.0492 e. The number of nitrogens with zero attached hydrogens (tertiary/aromatic N) is 2. The van der Waals surface area contributed by atoms with Gasteiger partial charge in [-0.2, -0.15) is 5.10 Å². The van der Waals surface area contributed by atoms with Gasteiger partial charge in [0.05, 0.1) is 0 Å². The molecule has 1 unspecified atom stereocenters. The molecule has 1 atom stereocenters. The van der Waals surface area contributed by atoms with Crippen molar-refractivity contribution in [1.82, 2.24) is 15.2 Å².